The number of halogens is 1. The molecular formula is C17H17FN2O. The number of hydrogen-bond acceptors (Lipinski definition) is 2. The fraction of sp³-hybridized carbons (Fsp3) is 0.176. The molecule has 0 N–H and O–H groups in total. The van der Waals surface area contributed by atoms with Crippen molar-refractivity contribution in [3.05, 3.63) is 60.2 Å². The summed E-state index contributed by atoms with van der Waals surface area (Å²) in [4.78, 5) is 16.0. The Bertz CT molecular complexity index is 777. The third-order valence-electron chi connectivity index (χ3n) is 2.96. The molecule has 0 aliphatic carbocycles. The number of ketones is 1. The summed E-state index contributed by atoms with van der Waals surface area (Å²) in [6.45, 7) is 5.46. The zero-order valence-electron chi connectivity index (χ0n) is 12.3. The number of fused-ring (bicyclic) bond motifs is 1. The molecule has 0 saturated carbocycles. The summed E-state index contributed by atoms with van der Waals surface area (Å²) in [5, 5.41) is 0. The summed E-state index contributed by atoms with van der Waals surface area (Å²) < 4.78 is 15.2. The summed E-state index contributed by atoms with van der Waals surface area (Å²) in [5.74, 6) is -0.471. The van der Waals surface area contributed by atoms with Crippen LogP contribution in [0.3, 0.4) is 0 Å². The van der Waals surface area contributed by atoms with Crippen molar-refractivity contribution in [3.8, 4) is 11.3 Å². The molecule has 108 valence electrons. The summed E-state index contributed by atoms with van der Waals surface area (Å²) in [7, 11) is 0. The number of imidazole rings is 1. The zero-order valence-corrected chi connectivity index (χ0v) is 12.3. The lowest BCUT2D eigenvalue weighted by Gasteiger charge is -2.03. The van der Waals surface area contributed by atoms with Crippen LogP contribution in [0.2, 0.25) is 0 Å². The first kappa shape index (κ1) is 14.9. The van der Waals surface area contributed by atoms with Gasteiger partial charge in [0.05, 0.1) is 5.69 Å². The topological polar surface area (TPSA) is 34.4 Å². The van der Waals surface area contributed by atoms with Crippen LogP contribution in [0.5, 0.6) is 0 Å². The minimum absolute atomic E-state index is 0.136. The number of Topliss-reactive ketones (excluding diaryl/α,β-unsaturated/α-hetero) is 1. The van der Waals surface area contributed by atoms with E-state index in [2.05, 4.69) is 4.98 Å². The number of carbonyl (C=O) groups excluding carboxylic acids is 1. The van der Waals surface area contributed by atoms with Gasteiger partial charge in [0.2, 0.25) is 0 Å². The number of carbonyl (C=O) groups is 1. The Labute approximate surface area is 123 Å². The molecule has 0 bridgehead atoms. The average Bonchev–Trinajstić information content (AvgIpc) is 2.89. The molecule has 2 heterocycles. The quantitative estimate of drug-likeness (QED) is 0.655. The molecule has 0 aliphatic rings. The maximum Gasteiger partial charge on any atom is 0.180 e. The smallest absolute Gasteiger partial charge is 0.180 e. The van der Waals surface area contributed by atoms with Gasteiger partial charge in [-0.2, -0.15) is 0 Å². The first-order valence-corrected chi connectivity index (χ1v) is 6.91. The van der Waals surface area contributed by atoms with Crippen LogP contribution in [0, 0.1) is 5.82 Å². The monoisotopic (exact) mass is 284 g/mol. The van der Waals surface area contributed by atoms with Crippen LogP contribution in [-0.2, 0) is 0 Å². The van der Waals surface area contributed by atoms with Crippen LogP contribution < -0.4 is 0 Å². The Morgan fingerprint density at radius 1 is 1.14 bits per heavy atom. The van der Waals surface area contributed by atoms with Crippen molar-refractivity contribution in [2.45, 2.75) is 20.8 Å². The van der Waals surface area contributed by atoms with Gasteiger partial charge in [0.1, 0.15) is 17.2 Å². The lowest BCUT2D eigenvalue weighted by molar-refractivity contribution is 0.101. The standard InChI is InChI=1S/C15H11FN2O.C2H6/c1-10(19)14-15(11-5-4-6-12(16)9-11)18-8-3-2-7-13(18)17-14;1-2/h2-9H,1H3;1-2H3. The molecule has 3 aromatic rings. The molecule has 0 aliphatic heterocycles. The molecule has 0 spiro atoms. The predicted octanol–water partition coefficient (Wildman–Crippen LogP) is 4.37. The van der Waals surface area contributed by atoms with Gasteiger partial charge < -0.3 is 0 Å². The third kappa shape index (κ3) is 2.84. The van der Waals surface area contributed by atoms with Crippen molar-refractivity contribution in [2.24, 2.45) is 0 Å². The molecule has 0 atom stereocenters. The van der Waals surface area contributed by atoms with E-state index in [4.69, 9.17) is 0 Å². The highest BCUT2D eigenvalue weighted by Gasteiger charge is 2.17. The molecule has 2 aromatic heterocycles. The van der Waals surface area contributed by atoms with Gasteiger partial charge in [0.25, 0.3) is 0 Å². The largest absolute Gasteiger partial charge is 0.299 e. The van der Waals surface area contributed by atoms with Crippen molar-refractivity contribution in [1.82, 2.24) is 9.38 Å². The highest BCUT2D eigenvalue weighted by atomic mass is 19.1. The molecule has 21 heavy (non-hydrogen) atoms. The fourth-order valence-corrected chi connectivity index (χ4v) is 2.15. The molecule has 0 amide bonds. The predicted molar refractivity (Wildman–Crippen MR) is 81.9 cm³/mol. The average molecular weight is 284 g/mol. The van der Waals surface area contributed by atoms with Gasteiger partial charge in [-0.25, -0.2) is 9.37 Å². The number of hydrogen-bond donors (Lipinski definition) is 0. The van der Waals surface area contributed by atoms with Gasteiger partial charge in [0.15, 0.2) is 5.78 Å². The Balaban J connectivity index is 0.000000774. The molecule has 0 fully saturated rings. The van der Waals surface area contributed by atoms with E-state index in [1.807, 2.05) is 38.2 Å². The second-order valence-corrected chi connectivity index (χ2v) is 4.30. The van der Waals surface area contributed by atoms with Crippen molar-refractivity contribution in [3.63, 3.8) is 0 Å². The van der Waals surface area contributed by atoms with Gasteiger partial charge in [0, 0.05) is 18.7 Å². The van der Waals surface area contributed by atoms with Crippen molar-refractivity contribution in [2.75, 3.05) is 0 Å². The Hall–Kier alpha value is -2.49. The minimum atomic E-state index is -0.335. The molecule has 3 nitrogen and oxygen atoms in total. The van der Waals surface area contributed by atoms with Crippen LogP contribution in [0.4, 0.5) is 4.39 Å². The van der Waals surface area contributed by atoms with E-state index in [-0.39, 0.29) is 11.6 Å². The maximum atomic E-state index is 13.4. The van der Waals surface area contributed by atoms with E-state index >= 15 is 0 Å². The van der Waals surface area contributed by atoms with Gasteiger partial charge in [-0.1, -0.05) is 32.0 Å². The number of rotatable bonds is 2. The van der Waals surface area contributed by atoms with E-state index in [9.17, 15) is 9.18 Å². The normalized spacial score (nSPS) is 10.1. The van der Waals surface area contributed by atoms with Crippen LogP contribution in [0.25, 0.3) is 16.9 Å². The van der Waals surface area contributed by atoms with E-state index in [0.717, 1.165) is 0 Å². The molecule has 0 radical (unpaired) electrons. The Kier molecular flexibility index (Phi) is 4.48. The molecule has 0 saturated heterocycles. The summed E-state index contributed by atoms with van der Waals surface area (Å²) in [6, 6.07) is 11.7. The maximum absolute atomic E-state index is 13.4. The van der Waals surface area contributed by atoms with Gasteiger partial charge in [-0.15, -0.1) is 0 Å². The number of nitrogens with zero attached hydrogens (tertiary/aromatic N) is 2. The lowest BCUT2D eigenvalue weighted by Crippen LogP contribution is -1.97. The number of benzene rings is 1. The van der Waals surface area contributed by atoms with Crippen LogP contribution in [-0.4, -0.2) is 15.2 Å². The summed E-state index contributed by atoms with van der Waals surface area (Å²) >= 11 is 0. The van der Waals surface area contributed by atoms with Crippen LogP contribution in [0.15, 0.2) is 48.7 Å². The molecule has 4 heteroatoms. The molecule has 3 rings (SSSR count). The van der Waals surface area contributed by atoms with E-state index in [1.165, 1.54) is 19.1 Å². The van der Waals surface area contributed by atoms with E-state index < -0.39 is 0 Å². The molecule has 0 unspecified atom stereocenters. The highest BCUT2D eigenvalue weighted by molar-refractivity contribution is 5.99. The SMILES string of the molecule is CC.CC(=O)c1nc2ccccn2c1-c1cccc(F)c1. The van der Waals surface area contributed by atoms with E-state index in [1.54, 1.807) is 16.5 Å². The van der Waals surface area contributed by atoms with Crippen LogP contribution >= 0.6 is 0 Å². The Morgan fingerprint density at radius 3 is 2.57 bits per heavy atom. The second kappa shape index (κ2) is 6.31. The second-order valence-electron chi connectivity index (χ2n) is 4.30. The van der Waals surface area contributed by atoms with E-state index in [0.29, 0.717) is 22.6 Å². The van der Waals surface area contributed by atoms with Crippen molar-refractivity contribution in [1.29, 1.82) is 0 Å². The van der Waals surface area contributed by atoms with Gasteiger partial charge in [-0.05, 0) is 24.3 Å². The molecular weight excluding hydrogens is 267 g/mol. The van der Waals surface area contributed by atoms with Gasteiger partial charge in [-0.3, -0.25) is 9.20 Å². The first-order valence-electron chi connectivity index (χ1n) is 6.91. The van der Waals surface area contributed by atoms with Crippen molar-refractivity contribution >= 4 is 11.4 Å². The number of aromatic nitrogens is 2. The Morgan fingerprint density at radius 2 is 1.90 bits per heavy atom. The highest BCUT2D eigenvalue weighted by Crippen LogP contribution is 2.26. The molecule has 1 aromatic carbocycles. The summed E-state index contributed by atoms with van der Waals surface area (Å²) in [5.41, 5.74) is 2.30. The van der Waals surface area contributed by atoms with Crippen molar-refractivity contribution < 1.29 is 9.18 Å². The number of pyridine rings is 1. The fourth-order valence-electron chi connectivity index (χ4n) is 2.15. The lowest BCUT2D eigenvalue weighted by atomic mass is 10.1. The van der Waals surface area contributed by atoms with Gasteiger partial charge >= 0.3 is 0 Å². The first-order chi connectivity index (χ1) is 10.2. The minimum Gasteiger partial charge on any atom is -0.299 e. The van der Waals surface area contributed by atoms with Crippen LogP contribution in [0.1, 0.15) is 31.3 Å². The zero-order chi connectivity index (χ0) is 15.4. The third-order valence-corrected chi connectivity index (χ3v) is 2.96. The summed E-state index contributed by atoms with van der Waals surface area (Å²) in [6.07, 6.45) is 1.81.